The highest BCUT2D eigenvalue weighted by molar-refractivity contribution is 7.09. The van der Waals surface area contributed by atoms with Gasteiger partial charge in [-0.05, 0) is 35.7 Å². The summed E-state index contributed by atoms with van der Waals surface area (Å²) in [4.78, 5) is 30.3. The number of carbonyl (C=O) groups excluding carboxylic acids is 2. The van der Waals surface area contributed by atoms with Gasteiger partial charge in [-0.25, -0.2) is 4.39 Å². The van der Waals surface area contributed by atoms with E-state index in [1.807, 2.05) is 29.5 Å². The van der Waals surface area contributed by atoms with Gasteiger partial charge in [-0.1, -0.05) is 24.3 Å². The van der Waals surface area contributed by atoms with Gasteiger partial charge in [-0.2, -0.15) is 0 Å². The summed E-state index contributed by atoms with van der Waals surface area (Å²) < 4.78 is 20.5. The van der Waals surface area contributed by atoms with Crippen LogP contribution >= 0.6 is 11.3 Å². The predicted molar refractivity (Wildman–Crippen MR) is 124 cm³/mol. The van der Waals surface area contributed by atoms with E-state index < -0.39 is 23.5 Å². The highest BCUT2D eigenvalue weighted by Crippen LogP contribution is 2.42. The van der Waals surface area contributed by atoms with Crippen molar-refractivity contribution in [3.8, 4) is 5.75 Å². The molecule has 5 rings (SSSR count). The normalized spacial score (nSPS) is 19.5. The lowest BCUT2D eigenvalue weighted by atomic mass is 9.94. The van der Waals surface area contributed by atoms with Crippen LogP contribution in [0.25, 0.3) is 5.76 Å². The van der Waals surface area contributed by atoms with Crippen molar-refractivity contribution in [1.29, 1.82) is 0 Å². The van der Waals surface area contributed by atoms with Crippen LogP contribution in [0.3, 0.4) is 0 Å². The molecule has 33 heavy (non-hydrogen) atoms. The van der Waals surface area contributed by atoms with Crippen LogP contribution in [0.5, 0.6) is 5.75 Å². The molecule has 2 aliphatic rings. The smallest absolute Gasteiger partial charge is 0.295 e. The fourth-order valence-electron chi connectivity index (χ4n) is 4.29. The van der Waals surface area contributed by atoms with Crippen LogP contribution in [0.4, 0.5) is 10.1 Å². The number of likely N-dealkylation sites (N-methyl/N-ethyl adjacent to an activating group) is 1. The topological polar surface area (TPSA) is 70.1 Å². The number of hydrogen-bond donors (Lipinski definition) is 1. The monoisotopic (exact) mass is 464 g/mol. The Labute approximate surface area is 194 Å². The Balaban J connectivity index is 1.66. The minimum Gasteiger partial charge on any atom is -0.507 e. The van der Waals surface area contributed by atoms with E-state index in [1.54, 1.807) is 30.3 Å². The third kappa shape index (κ3) is 3.66. The van der Waals surface area contributed by atoms with Gasteiger partial charge in [-0.3, -0.25) is 9.59 Å². The Hall–Kier alpha value is -3.65. The Morgan fingerprint density at radius 2 is 2.00 bits per heavy atom. The lowest BCUT2D eigenvalue weighted by Crippen LogP contribution is -2.29. The molecular formula is C25H21FN2O4S. The zero-order chi connectivity index (χ0) is 23.1. The molecule has 0 spiro atoms. The number of Topliss-reactive ketones (excluding diaryl/α,β-unsaturated/α-hetero) is 1. The van der Waals surface area contributed by atoms with Crippen molar-refractivity contribution in [2.75, 3.05) is 25.1 Å². The van der Waals surface area contributed by atoms with Crippen molar-refractivity contribution in [3.05, 3.63) is 87.4 Å². The fourth-order valence-corrected chi connectivity index (χ4v) is 4.99. The van der Waals surface area contributed by atoms with E-state index in [4.69, 9.17) is 4.74 Å². The molecule has 0 radical (unpaired) electrons. The predicted octanol–water partition coefficient (Wildman–Crippen LogP) is 4.34. The van der Waals surface area contributed by atoms with E-state index in [9.17, 15) is 19.1 Å². The maximum Gasteiger partial charge on any atom is 0.295 e. The van der Waals surface area contributed by atoms with Crippen molar-refractivity contribution in [2.45, 2.75) is 12.6 Å². The maximum absolute atomic E-state index is 14.9. The Morgan fingerprint density at radius 1 is 1.18 bits per heavy atom. The average Bonchev–Trinajstić information content (AvgIpc) is 3.42. The van der Waals surface area contributed by atoms with Crippen LogP contribution in [0.15, 0.2) is 65.6 Å². The van der Waals surface area contributed by atoms with Crippen LogP contribution in [-0.2, 0) is 16.1 Å². The molecule has 1 amide bonds. The maximum atomic E-state index is 14.9. The first-order valence-corrected chi connectivity index (χ1v) is 11.4. The second kappa shape index (κ2) is 8.37. The summed E-state index contributed by atoms with van der Waals surface area (Å²) in [5, 5.41) is 13.1. The van der Waals surface area contributed by atoms with Gasteiger partial charge in [0.2, 0.25) is 0 Å². The molecular weight excluding hydrogens is 443 g/mol. The molecule has 8 heteroatoms. The number of likely N-dealkylation sites (tertiary alicyclic amines) is 1. The number of carbonyl (C=O) groups is 2. The summed E-state index contributed by atoms with van der Waals surface area (Å²) in [6.45, 7) is 1.37. The van der Waals surface area contributed by atoms with E-state index in [-0.39, 0.29) is 23.4 Å². The van der Waals surface area contributed by atoms with Crippen molar-refractivity contribution in [1.82, 2.24) is 4.90 Å². The van der Waals surface area contributed by atoms with Crippen LogP contribution in [-0.4, -0.2) is 41.9 Å². The van der Waals surface area contributed by atoms with Gasteiger partial charge >= 0.3 is 0 Å². The number of hydrogen-bond acceptors (Lipinski definition) is 6. The number of thiophene rings is 1. The molecule has 1 N–H and O–H groups in total. The first-order chi connectivity index (χ1) is 16.0. The second-order valence-corrected chi connectivity index (χ2v) is 9.01. The number of amides is 1. The van der Waals surface area contributed by atoms with Gasteiger partial charge in [0.05, 0.1) is 30.4 Å². The number of aliphatic hydroxyl groups excluding tert-OH is 1. The molecule has 1 aromatic heterocycles. The number of ether oxygens (including phenoxy) is 1. The SMILES string of the molecule is CN1CCOc2ccc(/C(O)=C3\C(=O)C(=O)N(Cc4cccs4)C3c3ccccc3F)cc21. The summed E-state index contributed by atoms with van der Waals surface area (Å²) in [6, 6.07) is 13.7. The molecule has 0 aliphatic carbocycles. The Bertz CT molecular complexity index is 1270. The van der Waals surface area contributed by atoms with Gasteiger partial charge in [0, 0.05) is 23.1 Å². The Morgan fingerprint density at radius 3 is 2.76 bits per heavy atom. The molecule has 6 nitrogen and oxygen atoms in total. The first-order valence-electron chi connectivity index (χ1n) is 10.5. The number of halogens is 1. The minimum atomic E-state index is -1.04. The molecule has 0 saturated carbocycles. The van der Waals surface area contributed by atoms with Crippen molar-refractivity contribution in [3.63, 3.8) is 0 Å². The number of benzene rings is 2. The fraction of sp³-hybridized carbons (Fsp3) is 0.200. The molecule has 0 bridgehead atoms. The molecule has 3 aromatic rings. The highest BCUT2D eigenvalue weighted by Gasteiger charge is 2.47. The van der Waals surface area contributed by atoms with Gasteiger partial charge in [0.25, 0.3) is 11.7 Å². The molecule has 1 atom stereocenters. The third-order valence-electron chi connectivity index (χ3n) is 5.97. The molecule has 1 saturated heterocycles. The zero-order valence-electron chi connectivity index (χ0n) is 17.8. The molecule has 168 valence electrons. The number of anilines is 1. The third-order valence-corrected chi connectivity index (χ3v) is 6.84. The van der Waals surface area contributed by atoms with Crippen molar-refractivity contribution >= 4 is 34.5 Å². The standard InChI is InChI=1S/C25H21FN2O4S/c1-27-10-11-32-20-9-8-15(13-19(20)27)23(29)21-22(17-6-2-3-7-18(17)26)28(25(31)24(21)30)14-16-5-4-12-33-16/h2-9,12-13,22,29H,10-11,14H2,1H3/b23-21+. The van der Waals surface area contributed by atoms with Crippen molar-refractivity contribution in [2.24, 2.45) is 0 Å². The molecule has 1 fully saturated rings. The quantitative estimate of drug-likeness (QED) is 0.353. The van der Waals surface area contributed by atoms with Crippen molar-refractivity contribution < 1.29 is 23.8 Å². The number of fused-ring (bicyclic) bond motifs is 1. The summed E-state index contributed by atoms with van der Waals surface area (Å²) in [5.41, 5.74) is 1.16. The molecule has 2 aromatic carbocycles. The van der Waals surface area contributed by atoms with Crippen LogP contribution in [0.2, 0.25) is 0 Å². The summed E-state index contributed by atoms with van der Waals surface area (Å²) in [6.07, 6.45) is 0. The number of nitrogens with zero attached hydrogens (tertiary/aromatic N) is 2. The van der Waals surface area contributed by atoms with Crippen LogP contribution in [0, 0.1) is 5.82 Å². The second-order valence-electron chi connectivity index (χ2n) is 7.98. The summed E-state index contributed by atoms with van der Waals surface area (Å²) in [5.74, 6) is -1.82. The summed E-state index contributed by atoms with van der Waals surface area (Å²) in [7, 11) is 1.91. The van der Waals surface area contributed by atoms with E-state index in [0.29, 0.717) is 24.5 Å². The van der Waals surface area contributed by atoms with E-state index in [0.717, 1.165) is 10.6 Å². The lowest BCUT2D eigenvalue weighted by Gasteiger charge is -2.28. The lowest BCUT2D eigenvalue weighted by molar-refractivity contribution is -0.140. The summed E-state index contributed by atoms with van der Waals surface area (Å²) >= 11 is 1.44. The number of aliphatic hydroxyl groups is 1. The van der Waals surface area contributed by atoms with Gasteiger partial charge in [-0.15, -0.1) is 11.3 Å². The molecule has 3 heterocycles. The van der Waals surface area contributed by atoms with Gasteiger partial charge in [0.15, 0.2) is 0 Å². The highest BCUT2D eigenvalue weighted by atomic mass is 32.1. The van der Waals surface area contributed by atoms with Crippen LogP contribution < -0.4 is 9.64 Å². The van der Waals surface area contributed by atoms with E-state index in [2.05, 4.69) is 0 Å². The molecule has 2 aliphatic heterocycles. The van der Waals surface area contributed by atoms with Gasteiger partial charge < -0.3 is 19.6 Å². The minimum absolute atomic E-state index is 0.124. The average molecular weight is 465 g/mol. The zero-order valence-corrected chi connectivity index (χ0v) is 18.6. The Kier molecular flexibility index (Phi) is 5.38. The number of ketones is 1. The number of rotatable bonds is 4. The molecule has 1 unspecified atom stereocenters. The first kappa shape index (κ1) is 21.2. The van der Waals surface area contributed by atoms with Gasteiger partial charge in [0.1, 0.15) is 23.9 Å². The largest absolute Gasteiger partial charge is 0.507 e. The van der Waals surface area contributed by atoms with E-state index in [1.165, 1.54) is 28.4 Å². The van der Waals surface area contributed by atoms with Crippen LogP contribution in [0.1, 0.15) is 22.0 Å². The van der Waals surface area contributed by atoms with E-state index >= 15 is 0 Å².